The van der Waals surface area contributed by atoms with Crippen molar-refractivity contribution in [2.24, 2.45) is 5.73 Å². The number of nitrogens with two attached hydrogens (primary N) is 1. The molecule has 0 saturated heterocycles. The summed E-state index contributed by atoms with van der Waals surface area (Å²) in [5, 5.41) is 0. The lowest BCUT2D eigenvalue weighted by molar-refractivity contribution is 0.599. The Morgan fingerprint density at radius 3 is 2.74 bits per heavy atom. The molecule has 2 rings (SSSR count). The number of hydrogen-bond donors (Lipinski definition) is 2. The maximum Gasteiger partial charge on any atom is 0.263 e. The molecular weight excluding hydrogens is 264 g/mol. The maximum atomic E-state index is 12.3. The van der Waals surface area contributed by atoms with E-state index >= 15 is 0 Å². The summed E-state index contributed by atoms with van der Waals surface area (Å²) in [5.74, 6) is 0. The van der Waals surface area contributed by atoms with Crippen molar-refractivity contribution >= 4 is 15.7 Å². The Morgan fingerprint density at radius 2 is 2.05 bits per heavy atom. The molecule has 0 aliphatic rings. The number of nitrogens with one attached hydrogen (secondary N) is 1. The molecule has 0 spiro atoms. The van der Waals surface area contributed by atoms with Gasteiger partial charge in [0.05, 0.1) is 11.4 Å². The van der Waals surface area contributed by atoms with E-state index < -0.39 is 10.0 Å². The van der Waals surface area contributed by atoms with Gasteiger partial charge in [-0.15, -0.1) is 0 Å². The molecule has 0 bridgehead atoms. The molecule has 19 heavy (non-hydrogen) atoms. The van der Waals surface area contributed by atoms with Crippen LogP contribution in [0.15, 0.2) is 41.6 Å². The fourth-order valence-corrected chi connectivity index (χ4v) is 2.89. The lowest BCUT2D eigenvalue weighted by Gasteiger charge is -2.10. The van der Waals surface area contributed by atoms with Crippen molar-refractivity contribution in [2.45, 2.75) is 18.4 Å². The minimum Gasteiger partial charge on any atom is -0.325 e. The van der Waals surface area contributed by atoms with Gasteiger partial charge in [0.15, 0.2) is 0 Å². The molecule has 0 aliphatic heterocycles. The summed E-state index contributed by atoms with van der Waals surface area (Å²) in [6.45, 7) is 1.85. The fourth-order valence-electron chi connectivity index (χ4n) is 1.64. The lowest BCUT2D eigenvalue weighted by atomic mass is 10.3. The van der Waals surface area contributed by atoms with E-state index in [0.29, 0.717) is 11.4 Å². The highest BCUT2D eigenvalue weighted by molar-refractivity contribution is 7.92. The molecule has 0 aliphatic carbocycles. The van der Waals surface area contributed by atoms with Gasteiger partial charge in [-0.3, -0.25) is 14.7 Å². The quantitative estimate of drug-likeness (QED) is 0.871. The molecule has 0 saturated carbocycles. The van der Waals surface area contributed by atoms with Crippen LogP contribution in [0.5, 0.6) is 0 Å². The molecule has 7 heteroatoms. The molecule has 0 atom stereocenters. The first-order chi connectivity index (χ1) is 9.03. The summed E-state index contributed by atoms with van der Waals surface area (Å²) in [7, 11) is -3.69. The van der Waals surface area contributed by atoms with Crippen LogP contribution in [0.4, 0.5) is 5.69 Å². The van der Waals surface area contributed by atoms with Crippen LogP contribution in [0.2, 0.25) is 0 Å². The number of aryl methyl sites for hydroxylation is 1. The van der Waals surface area contributed by atoms with Crippen molar-refractivity contribution in [3.63, 3.8) is 0 Å². The Balaban J connectivity index is 2.38. The molecular formula is C12H14N4O2S. The van der Waals surface area contributed by atoms with Crippen molar-refractivity contribution in [2.75, 3.05) is 4.72 Å². The zero-order valence-electron chi connectivity index (χ0n) is 10.4. The smallest absolute Gasteiger partial charge is 0.263 e. The van der Waals surface area contributed by atoms with E-state index in [1.807, 2.05) is 0 Å². The number of aromatic nitrogens is 2. The van der Waals surface area contributed by atoms with Gasteiger partial charge in [-0.1, -0.05) is 0 Å². The van der Waals surface area contributed by atoms with Gasteiger partial charge in [0.25, 0.3) is 10.0 Å². The van der Waals surface area contributed by atoms with Crippen LogP contribution < -0.4 is 10.5 Å². The van der Waals surface area contributed by atoms with Crippen molar-refractivity contribution in [1.82, 2.24) is 9.97 Å². The van der Waals surface area contributed by atoms with Crippen molar-refractivity contribution in [1.29, 1.82) is 0 Å². The Bertz CT molecular complexity index is 686. The minimum atomic E-state index is -3.69. The van der Waals surface area contributed by atoms with E-state index in [4.69, 9.17) is 5.73 Å². The molecule has 6 nitrogen and oxygen atoms in total. The fraction of sp³-hybridized carbons (Fsp3) is 0.167. The predicted octanol–water partition coefficient (Wildman–Crippen LogP) is 1.04. The van der Waals surface area contributed by atoms with Gasteiger partial charge in [-0.05, 0) is 31.2 Å². The number of pyridine rings is 2. The van der Waals surface area contributed by atoms with Crippen LogP contribution in [0, 0.1) is 6.92 Å². The SMILES string of the molecule is Cc1cc(NS(=O)(=O)c2cccnc2CN)ccn1. The van der Waals surface area contributed by atoms with Gasteiger partial charge in [-0.25, -0.2) is 8.42 Å². The van der Waals surface area contributed by atoms with E-state index in [1.54, 1.807) is 31.3 Å². The summed E-state index contributed by atoms with van der Waals surface area (Å²) in [5.41, 5.74) is 7.02. The van der Waals surface area contributed by atoms with Crippen molar-refractivity contribution < 1.29 is 8.42 Å². The van der Waals surface area contributed by atoms with Crippen molar-refractivity contribution in [3.8, 4) is 0 Å². The molecule has 0 radical (unpaired) electrons. The molecule has 0 aromatic carbocycles. The predicted molar refractivity (Wildman–Crippen MR) is 71.9 cm³/mol. The monoisotopic (exact) mass is 278 g/mol. The maximum absolute atomic E-state index is 12.3. The normalized spacial score (nSPS) is 11.3. The minimum absolute atomic E-state index is 0.0620. The highest BCUT2D eigenvalue weighted by atomic mass is 32.2. The summed E-state index contributed by atoms with van der Waals surface area (Å²) in [4.78, 5) is 8.07. The zero-order valence-corrected chi connectivity index (χ0v) is 11.2. The van der Waals surface area contributed by atoms with Crippen LogP contribution >= 0.6 is 0 Å². The second-order valence-corrected chi connectivity index (χ2v) is 5.59. The third-order valence-corrected chi connectivity index (χ3v) is 3.94. The molecule has 2 aromatic heterocycles. The Hall–Kier alpha value is -1.99. The lowest BCUT2D eigenvalue weighted by Crippen LogP contribution is -2.17. The van der Waals surface area contributed by atoms with Crippen molar-refractivity contribution in [3.05, 3.63) is 48.0 Å². The van der Waals surface area contributed by atoms with E-state index in [1.165, 1.54) is 12.3 Å². The highest BCUT2D eigenvalue weighted by Crippen LogP contribution is 2.18. The molecule has 2 heterocycles. The van der Waals surface area contributed by atoms with E-state index in [9.17, 15) is 8.42 Å². The summed E-state index contributed by atoms with van der Waals surface area (Å²) in [6.07, 6.45) is 3.05. The molecule has 0 fully saturated rings. The number of hydrogen-bond acceptors (Lipinski definition) is 5. The second-order valence-electron chi connectivity index (χ2n) is 3.94. The van der Waals surface area contributed by atoms with Gasteiger partial charge in [0.2, 0.25) is 0 Å². The average molecular weight is 278 g/mol. The topological polar surface area (TPSA) is 98.0 Å². The number of sulfonamides is 1. The Kier molecular flexibility index (Phi) is 3.77. The van der Waals surface area contributed by atoms with Gasteiger partial charge in [0, 0.05) is 24.6 Å². The van der Waals surface area contributed by atoms with E-state index in [0.717, 1.165) is 5.69 Å². The number of anilines is 1. The average Bonchev–Trinajstić information content (AvgIpc) is 2.38. The van der Waals surface area contributed by atoms with Crippen LogP contribution in [-0.4, -0.2) is 18.4 Å². The van der Waals surface area contributed by atoms with Gasteiger partial charge < -0.3 is 5.73 Å². The molecule has 0 unspecified atom stereocenters. The standard InChI is InChI=1S/C12H14N4O2S/c1-9-7-10(4-6-14-9)16-19(17,18)12-3-2-5-15-11(12)8-13/h2-7H,8,13H2,1H3,(H,14,16). The number of rotatable bonds is 4. The summed E-state index contributed by atoms with van der Waals surface area (Å²) < 4.78 is 27.0. The first-order valence-corrected chi connectivity index (χ1v) is 7.10. The zero-order chi connectivity index (χ0) is 13.9. The molecule has 0 amide bonds. The van der Waals surface area contributed by atoms with Gasteiger partial charge >= 0.3 is 0 Å². The second kappa shape index (κ2) is 5.33. The van der Waals surface area contributed by atoms with Crippen LogP contribution in [0.3, 0.4) is 0 Å². The van der Waals surface area contributed by atoms with E-state index in [-0.39, 0.29) is 11.4 Å². The van der Waals surface area contributed by atoms with Crippen LogP contribution in [0.25, 0.3) is 0 Å². The Labute approximate surface area is 111 Å². The van der Waals surface area contributed by atoms with Gasteiger partial charge in [0.1, 0.15) is 4.90 Å². The highest BCUT2D eigenvalue weighted by Gasteiger charge is 2.18. The first-order valence-electron chi connectivity index (χ1n) is 5.62. The van der Waals surface area contributed by atoms with Crippen LogP contribution in [0.1, 0.15) is 11.4 Å². The van der Waals surface area contributed by atoms with Crippen LogP contribution in [-0.2, 0) is 16.6 Å². The van der Waals surface area contributed by atoms with E-state index in [2.05, 4.69) is 14.7 Å². The van der Waals surface area contributed by atoms with Gasteiger partial charge in [-0.2, -0.15) is 0 Å². The summed E-state index contributed by atoms with van der Waals surface area (Å²) >= 11 is 0. The molecule has 3 N–H and O–H groups in total. The largest absolute Gasteiger partial charge is 0.325 e. The third kappa shape index (κ3) is 3.07. The number of nitrogens with zero attached hydrogens (tertiary/aromatic N) is 2. The molecule has 2 aromatic rings. The first kappa shape index (κ1) is 13.4. The molecule has 100 valence electrons. The Morgan fingerprint density at radius 1 is 1.26 bits per heavy atom. The summed E-state index contributed by atoms with van der Waals surface area (Å²) in [6, 6.07) is 6.27. The third-order valence-electron chi connectivity index (χ3n) is 2.48.